The van der Waals surface area contributed by atoms with Gasteiger partial charge >= 0.3 is 0 Å². The first-order valence-electron chi connectivity index (χ1n) is 11.7. The van der Waals surface area contributed by atoms with Crippen LogP contribution < -0.4 is 0 Å². The number of hydrogen-bond donors (Lipinski definition) is 0. The van der Waals surface area contributed by atoms with E-state index in [4.69, 9.17) is 14.7 Å². The van der Waals surface area contributed by atoms with E-state index in [2.05, 4.69) is 23.7 Å². The number of piperidine rings is 1. The SMILES string of the molecule is COC1CCC(C(=O)N2CCC(c3ncc(-c4ccncc4)c(C(C)C)n3)CC2)CC1. The summed E-state index contributed by atoms with van der Waals surface area (Å²) in [4.78, 5) is 28.9. The minimum atomic E-state index is 0.173. The van der Waals surface area contributed by atoms with E-state index in [-0.39, 0.29) is 5.92 Å². The monoisotopic (exact) mass is 422 g/mol. The Morgan fingerprint density at radius 2 is 1.74 bits per heavy atom. The number of carbonyl (C=O) groups is 1. The fourth-order valence-electron chi connectivity index (χ4n) is 4.96. The quantitative estimate of drug-likeness (QED) is 0.706. The molecule has 6 nitrogen and oxygen atoms in total. The topological polar surface area (TPSA) is 68.2 Å². The molecule has 4 rings (SSSR count). The molecule has 1 aliphatic heterocycles. The molecule has 166 valence electrons. The maximum Gasteiger partial charge on any atom is 0.225 e. The van der Waals surface area contributed by atoms with E-state index in [1.165, 1.54) is 0 Å². The van der Waals surface area contributed by atoms with Gasteiger partial charge in [0.1, 0.15) is 5.82 Å². The molecule has 2 aliphatic rings. The molecule has 0 bridgehead atoms. The van der Waals surface area contributed by atoms with Gasteiger partial charge in [0.15, 0.2) is 0 Å². The molecule has 0 atom stereocenters. The lowest BCUT2D eigenvalue weighted by Gasteiger charge is -2.36. The van der Waals surface area contributed by atoms with Crippen molar-refractivity contribution in [1.29, 1.82) is 0 Å². The Morgan fingerprint density at radius 3 is 2.35 bits per heavy atom. The third-order valence-corrected chi connectivity index (χ3v) is 6.90. The highest BCUT2D eigenvalue weighted by molar-refractivity contribution is 5.79. The Bertz CT molecular complexity index is 870. The van der Waals surface area contributed by atoms with Gasteiger partial charge in [-0.3, -0.25) is 9.78 Å². The van der Waals surface area contributed by atoms with E-state index < -0.39 is 0 Å². The van der Waals surface area contributed by atoms with Crippen LogP contribution >= 0.6 is 0 Å². The van der Waals surface area contributed by atoms with Crippen molar-refractivity contribution in [1.82, 2.24) is 19.9 Å². The molecule has 0 spiro atoms. The summed E-state index contributed by atoms with van der Waals surface area (Å²) in [7, 11) is 1.77. The molecular weight excluding hydrogens is 388 g/mol. The van der Waals surface area contributed by atoms with Crippen LogP contribution in [0.2, 0.25) is 0 Å². The van der Waals surface area contributed by atoms with Crippen LogP contribution in [0.15, 0.2) is 30.7 Å². The Hall–Kier alpha value is -2.34. The average Bonchev–Trinajstić information content (AvgIpc) is 2.84. The highest BCUT2D eigenvalue weighted by Gasteiger charge is 2.32. The van der Waals surface area contributed by atoms with Gasteiger partial charge in [-0.05, 0) is 62.1 Å². The average molecular weight is 423 g/mol. The van der Waals surface area contributed by atoms with Crippen molar-refractivity contribution >= 4 is 5.91 Å². The summed E-state index contributed by atoms with van der Waals surface area (Å²) >= 11 is 0. The first kappa shape index (κ1) is 21.9. The number of pyridine rings is 1. The normalized spacial score (nSPS) is 22.6. The van der Waals surface area contributed by atoms with E-state index in [1.807, 2.05) is 30.7 Å². The molecular formula is C25H34N4O2. The number of hydrogen-bond acceptors (Lipinski definition) is 5. The van der Waals surface area contributed by atoms with Crippen molar-refractivity contribution in [2.24, 2.45) is 5.92 Å². The summed E-state index contributed by atoms with van der Waals surface area (Å²) < 4.78 is 5.45. The van der Waals surface area contributed by atoms with E-state index in [1.54, 1.807) is 7.11 Å². The van der Waals surface area contributed by atoms with Crippen LogP contribution in [0.4, 0.5) is 0 Å². The van der Waals surface area contributed by atoms with E-state index in [9.17, 15) is 4.79 Å². The van der Waals surface area contributed by atoms with Gasteiger partial charge in [0.05, 0.1) is 11.8 Å². The summed E-state index contributed by atoms with van der Waals surface area (Å²) in [6.45, 7) is 5.97. The van der Waals surface area contributed by atoms with Crippen LogP contribution in [0.1, 0.15) is 75.7 Å². The van der Waals surface area contributed by atoms with Gasteiger partial charge in [-0.2, -0.15) is 0 Å². The predicted octanol–water partition coefficient (Wildman–Crippen LogP) is 4.57. The summed E-state index contributed by atoms with van der Waals surface area (Å²) in [5.74, 6) is 2.07. The number of methoxy groups -OCH3 is 1. The number of aromatic nitrogens is 3. The Balaban J connectivity index is 1.41. The molecule has 1 aliphatic carbocycles. The third-order valence-electron chi connectivity index (χ3n) is 6.90. The van der Waals surface area contributed by atoms with Gasteiger partial charge in [-0.25, -0.2) is 9.97 Å². The lowest BCUT2D eigenvalue weighted by molar-refractivity contribution is -0.138. The number of rotatable bonds is 5. The second-order valence-electron chi connectivity index (χ2n) is 9.23. The second kappa shape index (κ2) is 9.86. The van der Waals surface area contributed by atoms with Crippen molar-refractivity contribution in [3.8, 4) is 11.1 Å². The number of carbonyl (C=O) groups excluding carboxylic acids is 1. The molecule has 0 unspecified atom stereocenters. The zero-order valence-corrected chi connectivity index (χ0v) is 19.0. The lowest BCUT2D eigenvalue weighted by atomic mass is 9.85. The van der Waals surface area contributed by atoms with Crippen molar-refractivity contribution in [2.45, 2.75) is 70.3 Å². The largest absolute Gasteiger partial charge is 0.381 e. The van der Waals surface area contributed by atoms with Crippen molar-refractivity contribution < 1.29 is 9.53 Å². The van der Waals surface area contributed by atoms with Crippen molar-refractivity contribution in [2.75, 3.05) is 20.2 Å². The molecule has 3 heterocycles. The molecule has 0 radical (unpaired) electrons. The molecule has 0 N–H and O–H groups in total. The zero-order valence-electron chi connectivity index (χ0n) is 19.0. The van der Waals surface area contributed by atoms with Gasteiger partial charge in [-0.15, -0.1) is 0 Å². The van der Waals surface area contributed by atoms with Gasteiger partial charge < -0.3 is 9.64 Å². The van der Waals surface area contributed by atoms with Gasteiger partial charge in [-0.1, -0.05) is 13.8 Å². The van der Waals surface area contributed by atoms with E-state index in [0.29, 0.717) is 23.8 Å². The number of likely N-dealkylation sites (tertiary alicyclic amines) is 1. The smallest absolute Gasteiger partial charge is 0.225 e. The summed E-state index contributed by atoms with van der Waals surface area (Å²) in [6, 6.07) is 4.02. The molecule has 2 aromatic rings. The highest BCUT2D eigenvalue weighted by Crippen LogP contribution is 2.33. The van der Waals surface area contributed by atoms with Crippen LogP contribution in [0.25, 0.3) is 11.1 Å². The van der Waals surface area contributed by atoms with Gasteiger partial charge in [0.25, 0.3) is 0 Å². The van der Waals surface area contributed by atoms with Gasteiger partial charge in [0, 0.05) is 56.2 Å². The standard InChI is InChI=1S/C25H34N4O2/c1-17(2)23-22(18-8-12-26-13-9-18)16-27-24(28-23)19-10-14-29(15-11-19)25(30)20-4-6-21(31-3)7-5-20/h8-9,12-13,16-17,19-21H,4-7,10-11,14-15H2,1-3H3. The second-order valence-corrected chi connectivity index (χ2v) is 9.23. The maximum absolute atomic E-state index is 13.0. The number of nitrogens with zero attached hydrogens (tertiary/aromatic N) is 4. The molecule has 2 aromatic heterocycles. The molecule has 2 fully saturated rings. The molecule has 6 heteroatoms. The van der Waals surface area contributed by atoms with Crippen LogP contribution in [0.3, 0.4) is 0 Å². The summed E-state index contributed by atoms with van der Waals surface area (Å²) in [5.41, 5.74) is 3.28. The fraction of sp³-hybridized carbons (Fsp3) is 0.600. The third kappa shape index (κ3) is 4.95. The Morgan fingerprint density at radius 1 is 1.06 bits per heavy atom. The summed E-state index contributed by atoms with van der Waals surface area (Å²) in [5, 5.41) is 0. The number of amides is 1. The molecule has 1 saturated carbocycles. The van der Waals surface area contributed by atoms with E-state index >= 15 is 0 Å². The molecule has 0 aromatic carbocycles. The Labute approximate surface area is 185 Å². The highest BCUT2D eigenvalue weighted by atomic mass is 16.5. The van der Waals surface area contributed by atoms with Gasteiger partial charge in [0.2, 0.25) is 5.91 Å². The van der Waals surface area contributed by atoms with Crippen LogP contribution in [-0.2, 0) is 9.53 Å². The summed E-state index contributed by atoms with van der Waals surface area (Å²) in [6.07, 6.45) is 11.7. The molecule has 1 amide bonds. The zero-order chi connectivity index (χ0) is 21.8. The predicted molar refractivity (Wildman–Crippen MR) is 121 cm³/mol. The van der Waals surface area contributed by atoms with Crippen molar-refractivity contribution in [3.05, 3.63) is 42.2 Å². The fourth-order valence-corrected chi connectivity index (χ4v) is 4.96. The van der Waals surface area contributed by atoms with Crippen LogP contribution in [-0.4, -0.2) is 52.1 Å². The minimum absolute atomic E-state index is 0.173. The first-order chi connectivity index (χ1) is 15.1. The van der Waals surface area contributed by atoms with E-state index in [0.717, 1.165) is 74.3 Å². The van der Waals surface area contributed by atoms with Crippen LogP contribution in [0, 0.1) is 5.92 Å². The number of ether oxygens (including phenoxy) is 1. The molecule has 1 saturated heterocycles. The van der Waals surface area contributed by atoms with Crippen molar-refractivity contribution in [3.63, 3.8) is 0 Å². The minimum Gasteiger partial charge on any atom is -0.381 e. The lowest BCUT2D eigenvalue weighted by Crippen LogP contribution is -2.42. The first-order valence-corrected chi connectivity index (χ1v) is 11.7. The Kier molecular flexibility index (Phi) is 6.96. The van der Waals surface area contributed by atoms with Crippen LogP contribution in [0.5, 0.6) is 0 Å². The maximum atomic E-state index is 13.0. The molecule has 31 heavy (non-hydrogen) atoms.